The summed E-state index contributed by atoms with van der Waals surface area (Å²) in [6, 6.07) is 20.6. The average Bonchev–Trinajstić information content (AvgIpc) is 3.32. The molecule has 0 bridgehead atoms. The number of ether oxygens (including phenoxy) is 1. The molecule has 40 heavy (non-hydrogen) atoms. The molecule has 0 unspecified atom stereocenters. The molecule has 0 spiro atoms. The van der Waals surface area contributed by atoms with Crippen LogP contribution in [-0.2, 0) is 26.2 Å². The van der Waals surface area contributed by atoms with Gasteiger partial charge in [-0.2, -0.15) is 0 Å². The van der Waals surface area contributed by atoms with E-state index in [9.17, 15) is 22.0 Å². The molecule has 4 rings (SSSR count). The summed E-state index contributed by atoms with van der Waals surface area (Å²) in [6.45, 7) is 0.483. The van der Waals surface area contributed by atoms with Crippen LogP contribution in [0.5, 0.6) is 0 Å². The highest BCUT2D eigenvalue weighted by Gasteiger charge is 2.36. The molecule has 6 nitrogen and oxygen atoms in total. The molecule has 1 fully saturated rings. The number of aliphatic carboxylic acids is 1. The van der Waals surface area contributed by atoms with E-state index in [1.54, 1.807) is 0 Å². The summed E-state index contributed by atoms with van der Waals surface area (Å²) >= 11 is 0. The molecule has 0 aliphatic heterocycles. The van der Waals surface area contributed by atoms with Crippen LogP contribution in [0.3, 0.4) is 0 Å². The molecule has 3 aromatic rings. The molecule has 212 valence electrons. The van der Waals surface area contributed by atoms with Crippen molar-refractivity contribution in [3.8, 4) is 11.1 Å². The van der Waals surface area contributed by atoms with Gasteiger partial charge in [-0.25, -0.2) is 21.9 Å². The normalized spacial score (nSPS) is 19.3. The van der Waals surface area contributed by atoms with E-state index in [-0.39, 0.29) is 30.9 Å². The van der Waals surface area contributed by atoms with Crippen LogP contribution in [0.4, 0.5) is 8.78 Å². The molecule has 1 saturated carbocycles. The van der Waals surface area contributed by atoms with Crippen molar-refractivity contribution in [1.29, 1.82) is 0 Å². The summed E-state index contributed by atoms with van der Waals surface area (Å²) in [6.07, 6.45) is 6.08. The van der Waals surface area contributed by atoms with Crippen LogP contribution < -0.4 is 4.72 Å². The SMILES string of the molecule is O=C(O)CC/C=C\C[C@@H]1[C@@H](CNS(=O)(=O)c2ccc(F)cc2F)CC[C@@H]1OCc1ccc(-c2ccccc2)cc1. The molecule has 0 aromatic heterocycles. The molecule has 0 radical (unpaired) electrons. The van der Waals surface area contributed by atoms with Crippen LogP contribution >= 0.6 is 0 Å². The molecule has 1 aliphatic carbocycles. The minimum atomic E-state index is -4.17. The van der Waals surface area contributed by atoms with Crippen LogP contribution in [0.25, 0.3) is 11.1 Å². The van der Waals surface area contributed by atoms with Gasteiger partial charge in [-0.15, -0.1) is 0 Å². The summed E-state index contributed by atoms with van der Waals surface area (Å²) in [5, 5.41) is 8.88. The lowest BCUT2D eigenvalue weighted by atomic mass is 9.91. The summed E-state index contributed by atoms with van der Waals surface area (Å²) < 4.78 is 61.7. The summed E-state index contributed by atoms with van der Waals surface area (Å²) in [7, 11) is -4.17. The lowest BCUT2D eigenvalue weighted by molar-refractivity contribution is -0.136. The fourth-order valence-electron chi connectivity index (χ4n) is 5.11. The molecule has 1 aliphatic rings. The van der Waals surface area contributed by atoms with Crippen molar-refractivity contribution in [2.45, 2.75) is 49.7 Å². The first kappa shape index (κ1) is 29.6. The Hall–Kier alpha value is -3.40. The molecule has 0 saturated heterocycles. The molecular weight excluding hydrogens is 536 g/mol. The molecule has 9 heteroatoms. The second-order valence-corrected chi connectivity index (χ2v) is 11.7. The molecular formula is C31H33F2NO5S. The van der Waals surface area contributed by atoms with Crippen LogP contribution in [0.1, 0.15) is 37.7 Å². The van der Waals surface area contributed by atoms with Gasteiger partial charge in [0.05, 0.1) is 12.7 Å². The first-order valence-corrected chi connectivity index (χ1v) is 14.8. The summed E-state index contributed by atoms with van der Waals surface area (Å²) in [5.74, 6) is -2.96. The number of carboxylic acids is 1. The first-order valence-electron chi connectivity index (χ1n) is 13.3. The lowest BCUT2D eigenvalue weighted by Crippen LogP contribution is -2.33. The fraction of sp³-hybridized carbons (Fsp3) is 0.323. The molecule has 3 atom stereocenters. The Kier molecular flexibility index (Phi) is 10.2. The Bertz CT molecular complexity index is 1410. The van der Waals surface area contributed by atoms with Crippen molar-refractivity contribution >= 4 is 16.0 Å². The van der Waals surface area contributed by atoms with Crippen molar-refractivity contribution in [2.75, 3.05) is 6.54 Å². The predicted molar refractivity (Wildman–Crippen MR) is 149 cm³/mol. The third kappa shape index (κ3) is 8.06. The minimum absolute atomic E-state index is 0.0227. The van der Waals surface area contributed by atoms with E-state index in [0.717, 1.165) is 35.2 Å². The van der Waals surface area contributed by atoms with Gasteiger partial charge in [0, 0.05) is 19.0 Å². The van der Waals surface area contributed by atoms with Gasteiger partial charge in [0.25, 0.3) is 0 Å². The van der Waals surface area contributed by atoms with E-state index in [4.69, 9.17) is 9.84 Å². The highest BCUT2D eigenvalue weighted by atomic mass is 32.2. The number of carbonyl (C=O) groups is 1. The van der Waals surface area contributed by atoms with Gasteiger partial charge in [-0.1, -0.05) is 66.7 Å². The van der Waals surface area contributed by atoms with Gasteiger partial charge in [-0.05, 0) is 66.3 Å². The quantitative estimate of drug-likeness (QED) is 0.235. The number of benzene rings is 3. The van der Waals surface area contributed by atoms with Gasteiger partial charge in [0.1, 0.15) is 16.5 Å². The van der Waals surface area contributed by atoms with Crippen LogP contribution in [-0.4, -0.2) is 32.1 Å². The Morgan fingerprint density at radius 3 is 2.40 bits per heavy atom. The van der Waals surface area contributed by atoms with Gasteiger partial charge in [-0.3, -0.25) is 4.79 Å². The van der Waals surface area contributed by atoms with Crippen LogP contribution in [0.2, 0.25) is 0 Å². The van der Waals surface area contributed by atoms with Crippen molar-refractivity contribution in [1.82, 2.24) is 4.72 Å². The highest BCUT2D eigenvalue weighted by molar-refractivity contribution is 7.89. The first-order chi connectivity index (χ1) is 19.2. The van der Waals surface area contributed by atoms with E-state index < -0.39 is 32.5 Å². The Morgan fingerprint density at radius 2 is 1.70 bits per heavy atom. The van der Waals surface area contributed by atoms with Crippen molar-refractivity contribution in [3.05, 3.63) is 102 Å². The number of halogens is 2. The summed E-state index contributed by atoms with van der Waals surface area (Å²) in [5.41, 5.74) is 3.26. The topological polar surface area (TPSA) is 92.7 Å². The van der Waals surface area contributed by atoms with Crippen molar-refractivity contribution < 1.29 is 31.8 Å². The summed E-state index contributed by atoms with van der Waals surface area (Å²) in [4.78, 5) is 10.2. The third-order valence-corrected chi connectivity index (χ3v) is 8.71. The minimum Gasteiger partial charge on any atom is -0.481 e. The van der Waals surface area contributed by atoms with Crippen molar-refractivity contribution in [3.63, 3.8) is 0 Å². The van der Waals surface area contributed by atoms with Crippen LogP contribution in [0, 0.1) is 23.5 Å². The van der Waals surface area contributed by atoms with E-state index in [1.807, 2.05) is 42.5 Å². The third-order valence-electron chi connectivity index (χ3n) is 7.25. The Balaban J connectivity index is 1.40. The zero-order chi connectivity index (χ0) is 28.5. The van der Waals surface area contributed by atoms with Gasteiger partial charge >= 0.3 is 5.97 Å². The van der Waals surface area contributed by atoms with Crippen molar-refractivity contribution in [2.24, 2.45) is 11.8 Å². The maximum atomic E-state index is 14.1. The maximum Gasteiger partial charge on any atom is 0.303 e. The number of allylic oxidation sites excluding steroid dienone is 2. The average molecular weight is 570 g/mol. The number of nitrogens with one attached hydrogen (secondary N) is 1. The smallest absolute Gasteiger partial charge is 0.303 e. The number of sulfonamides is 1. The van der Waals surface area contributed by atoms with E-state index in [1.165, 1.54) is 0 Å². The molecule has 0 amide bonds. The maximum absolute atomic E-state index is 14.1. The zero-order valence-corrected chi connectivity index (χ0v) is 22.8. The molecule has 2 N–H and O–H groups in total. The van der Waals surface area contributed by atoms with Gasteiger partial charge in [0.15, 0.2) is 0 Å². The number of carboxylic acid groups (broad SMARTS) is 1. The van der Waals surface area contributed by atoms with Gasteiger partial charge in [0.2, 0.25) is 10.0 Å². The second-order valence-electron chi connectivity index (χ2n) is 9.98. The number of hydrogen-bond donors (Lipinski definition) is 2. The second kappa shape index (κ2) is 13.8. The van der Waals surface area contributed by atoms with E-state index in [0.29, 0.717) is 31.9 Å². The predicted octanol–water partition coefficient (Wildman–Crippen LogP) is 6.33. The van der Waals surface area contributed by atoms with E-state index in [2.05, 4.69) is 29.0 Å². The fourth-order valence-corrected chi connectivity index (χ4v) is 6.26. The largest absolute Gasteiger partial charge is 0.481 e. The standard InChI is InChI=1S/C31H33F2NO5S/c32-26-16-18-30(28(33)19-26)40(37,38)34-20-25-15-17-29(27(25)9-5-2-6-10-31(35)36)39-21-22-11-13-24(14-12-22)23-7-3-1-4-8-23/h1-5,7-8,11-14,16,18-19,25,27,29,34H,6,9-10,15,17,20-21H2,(H,35,36)/b5-2-/t25-,27-,29+/m1/s1. The number of rotatable bonds is 13. The molecule has 3 aromatic carbocycles. The number of hydrogen-bond acceptors (Lipinski definition) is 4. The molecule has 0 heterocycles. The van der Waals surface area contributed by atoms with E-state index >= 15 is 0 Å². The highest BCUT2D eigenvalue weighted by Crippen LogP contribution is 2.37. The Morgan fingerprint density at radius 1 is 0.975 bits per heavy atom. The zero-order valence-electron chi connectivity index (χ0n) is 22.0. The Labute approximate surface area is 233 Å². The lowest BCUT2D eigenvalue weighted by Gasteiger charge is -2.24. The van der Waals surface area contributed by atoms with Gasteiger partial charge < -0.3 is 9.84 Å². The van der Waals surface area contributed by atoms with Crippen LogP contribution in [0.15, 0.2) is 89.8 Å². The monoisotopic (exact) mass is 569 g/mol.